The highest BCUT2D eigenvalue weighted by Crippen LogP contribution is 2.26. The number of anilines is 3. The Morgan fingerprint density at radius 3 is 2.85 bits per heavy atom. The second-order valence-corrected chi connectivity index (χ2v) is 6.43. The molecule has 9 heteroatoms. The van der Waals surface area contributed by atoms with Gasteiger partial charge in [0.1, 0.15) is 5.82 Å². The number of ether oxygens (including phenoxy) is 1. The van der Waals surface area contributed by atoms with Gasteiger partial charge in [-0.25, -0.2) is 9.37 Å². The number of nitrogens with one attached hydrogen (secondary N) is 2. The Labute approximate surface area is 154 Å². The van der Waals surface area contributed by atoms with Gasteiger partial charge >= 0.3 is 0 Å². The molecule has 2 heterocycles. The van der Waals surface area contributed by atoms with Gasteiger partial charge in [0.25, 0.3) is 5.91 Å². The van der Waals surface area contributed by atoms with Gasteiger partial charge in [-0.15, -0.1) is 0 Å². The van der Waals surface area contributed by atoms with Gasteiger partial charge in [-0.1, -0.05) is 17.7 Å². The second-order valence-electron chi connectivity index (χ2n) is 5.99. The molecule has 1 amide bonds. The van der Waals surface area contributed by atoms with Crippen molar-refractivity contribution in [1.29, 1.82) is 0 Å². The first-order valence-corrected chi connectivity index (χ1v) is 8.44. The van der Waals surface area contributed by atoms with Gasteiger partial charge in [0.2, 0.25) is 0 Å². The van der Waals surface area contributed by atoms with E-state index >= 15 is 0 Å². The monoisotopic (exact) mass is 379 g/mol. The molecule has 1 saturated heterocycles. The molecule has 138 valence electrons. The van der Waals surface area contributed by atoms with E-state index < -0.39 is 11.7 Å². The topological polar surface area (TPSA) is 115 Å². The van der Waals surface area contributed by atoms with Gasteiger partial charge in [0.05, 0.1) is 12.2 Å². The van der Waals surface area contributed by atoms with Crippen molar-refractivity contribution in [2.75, 3.05) is 23.8 Å². The SMILES string of the molecule is NC(=O)c1cc(F)c(N[C@@H]2CCOC[C@@H]2N)nc1Nc1cccc(Cl)c1. The Morgan fingerprint density at radius 1 is 1.35 bits per heavy atom. The van der Waals surface area contributed by atoms with Crippen LogP contribution in [0.1, 0.15) is 16.8 Å². The minimum atomic E-state index is -0.796. The molecule has 7 nitrogen and oxygen atoms in total. The normalized spacial score (nSPS) is 19.8. The highest BCUT2D eigenvalue weighted by molar-refractivity contribution is 6.30. The maximum atomic E-state index is 14.4. The molecule has 2 aromatic rings. The zero-order valence-electron chi connectivity index (χ0n) is 13.8. The molecule has 3 rings (SSSR count). The predicted molar refractivity (Wildman–Crippen MR) is 98.3 cm³/mol. The maximum Gasteiger partial charge on any atom is 0.252 e. The molecular formula is C17H19ClFN5O2. The number of pyridine rings is 1. The van der Waals surface area contributed by atoms with Gasteiger partial charge in [0, 0.05) is 29.4 Å². The molecule has 0 unspecified atom stereocenters. The van der Waals surface area contributed by atoms with Crippen LogP contribution in [0.2, 0.25) is 5.02 Å². The number of primary amides is 1. The third-order valence-corrected chi connectivity index (χ3v) is 4.29. The van der Waals surface area contributed by atoms with Crippen LogP contribution in [-0.2, 0) is 4.74 Å². The quantitative estimate of drug-likeness (QED) is 0.633. The van der Waals surface area contributed by atoms with Crippen LogP contribution in [0.3, 0.4) is 0 Å². The average Bonchev–Trinajstić information content (AvgIpc) is 2.59. The van der Waals surface area contributed by atoms with Crippen LogP contribution in [0.5, 0.6) is 0 Å². The van der Waals surface area contributed by atoms with Gasteiger partial charge < -0.3 is 26.8 Å². The van der Waals surface area contributed by atoms with Crippen molar-refractivity contribution >= 4 is 34.8 Å². The fourth-order valence-electron chi connectivity index (χ4n) is 2.69. The van der Waals surface area contributed by atoms with Crippen molar-refractivity contribution in [2.24, 2.45) is 11.5 Å². The summed E-state index contributed by atoms with van der Waals surface area (Å²) in [5, 5.41) is 6.45. The highest BCUT2D eigenvalue weighted by atomic mass is 35.5. The maximum absolute atomic E-state index is 14.4. The number of hydrogen-bond donors (Lipinski definition) is 4. The van der Waals surface area contributed by atoms with E-state index in [2.05, 4.69) is 15.6 Å². The largest absolute Gasteiger partial charge is 0.380 e. The molecule has 1 aliphatic rings. The predicted octanol–water partition coefficient (Wildman–Crippen LogP) is 2.24. The number of carbonyl (C=O) groups excluding carboxylic acids is 1. The Morgan fingerprint density at radius 2 is 2.15 bits per heavy atom. The summed E-state index contributed by atoms with van der Waals surface area (Å²) in [5.74, 6) is -1.37. The first-order chi connectivity index (χ1) is 12.4. The van der Waals surface area contributed by atoms with Crippen LogP contribution in [0.4, 0.5) is 21.7 Å². The molecule has 0 saturated carbocycles. The van der Waals surface area contributed by atoms with Gasteiger partial charge in [0.15, 0.2) is 11.6 Å². The fraction of sp³-hybridized carbons (Fsp3) is 0.294. The molecule has 1 fully saturated rings. The van der Waals surface area contributed by atoms with Crippen molar-refractivity contribution in [3.63, 3.8) is 0 Å². The van der Waals surface area contributed by atoms with Gasteiger partial charge in [-0.2, -0.15) is 0 Å². The third-order valence-electron chi connectivity index (χ3n) is 4.05. The Hall–Kier alpha value is -2.42. The van der Waals surface area contributed by atoms with Crippen LogP contribution >= 0.6 is 11.6 Å². The molecule has 1 aromatic carbocycles. The molecule has 1 aromatic heterocycles. The van der Waals surface area contributed by atoms with E-state index in [1.54, 1.807) is 24.3 Å². The Bertz CT molecular complexity index is 820. The summed E-state index contributed by atoms with van der Waals surface area (Å²) in [4.78, 5) is 15.9. The number of nitrogens with two attached hydrogens (primary N) is 2. The van der Waals surface area contributed by atoms with E-state index in [1.807, 2.05) is 0 Å². The number of hydrogen-bond acceptors (Lipinski definition) is 6. The summed E-state index contributed by atoms with van der Waals surface area (Å²) in [5.41, 5.74) is 11.9. The molecule has 0 radical (unpaired) electrons. The molecule has 0 bridgehead atoms. The lowest BCUT2D eigenvalue weighted by Gasteiger charge is -2.30. The number of halogens is 2. The smallest absolute Gasteiger partial charge is 0.252 e. The third kappa shape index (κ3) is 4.21. The summed E-state index contributed by atoms with van der Waals surface area (Å²) >= 11 is 5.96. The first kappa shape index (κ1) is 18.4. The Kier molecular flexibility index (Phi) is 5.55. The van der Waals surface area contributed by atoms with Crippen molar-refractivity contribution in [1.82, 2.24) is 4.98 Å². The van der Waals surface area contributed by atoms with E-state index in [0.29, 0.717) is 30.3 Å². The molecule has 26 heavy (non-hydrogen) atoms. The van der Waals surface area contributed by atoms with Crippen LogP contribution in [-0.4, -0.2) is 36.2 Å². The molecule has 1 aliphatic heterocycles. The Balaban J connectivity index is 1.92. The van der Waals surface area contributed by atoms with Gasteiger partial charge in [-0.05, 0) is 30.7 Å². The summed E-state index contributed by atoms with van der Waals surface area (Å²) in [6.45, 7) is 0.909. The second kappa shape index (κ2) is 7.86. The molecule has 6 N–H and O–H groups in total. The van der Waals surface area contributed by atoms with E-state index in [1.165, 1.54) is 0 Å². The van der Waals surface area contributed by atoms with Crippen LogP contribution in [0, 0.1) is 5.82 Å². The first-order valence-electron chi connectivity index (χ1n) is 8.07. The standard InChI is InChI=1S/C17H19ClFN5O2/c18-9-2-1-3-10(6-9)22-16-11(15(21)25)7-12(19)17(24-16)23-14-4-5-26-8-13(14)20/h1-3,6-7,13-14H,4-5,8,20H2,(H2,21,25)(H2,22,23,24)/t13-,14+/m0/s1. The summed E-state index contributed by atoms with van der Waals surface area (Å²) < 4.78 is 19.7. The zero-order chi connectivity index (χ0) is 18.7. The van der Waals surface area contributed by atoms with E-state index in [4.69, 9.17) is 27.8 Å². The zero-order valence-corrected chi connectivity index (χ0v) is 14.6. The summed E-state index contributed by atoms with van der Waals surface area (Å²) in [6.07, 6.45) is 0.622. The molecule has 0 aliphatic carbocycles. The minimum Gasteiger partial charge on any atom is -0.380 e. The van der Waals surface area contributed by atoms with Crippen LogP contribution in [0.15, 0.2) is 30.3 Å². The van der Waals surface area contributed by atoms with Gasteiger partial charge in [-0.3, -0.25) is 4.79 Å². The lowest BCUT2D eigenvalue weighted by atomic mass is 10.0. The fourth-order valence-corrected chi connectivity index (χ4v) is 2.88. The number of aromatic nitrogens is 1. The number of rotatable bonds is 5. The lowest BCUT2D eigenvalue weighted by molar-refractivity contribution is 0.0751. The highest BCUT2D eigenvalue weighted by Gasteiger charge is 2.25. The van der Waals surface area contributed by atoms with Crippen molar-refractivity contribution in [2.45, 2.75) is 18.5 Å². The van der Waals surface area contributed by atoms with E-state index in [-0.39, 0.29) is 29.3 Å². The van der Waals surface area contributed by atoms with Crippen molar-refractivity contribution in [3.05, 3.63) is 46.7 Å². The molecule has 2 atom stereocenters. The molecular weight excluding hydrogens is 361 g/mol. The van der Waals surface area contributed by atoms with Crippen LogP contribution in [0.25, 0.3) is 0 Å². The van der Waals surface area contributed by atoms with E-state index in [9.17, 15) is 9.18 Å². The van der Waals surface area contributed by atoms with Crippen molar-refractivity contribution < 1.29 is 13.9 Å². The lowest BCUT2D eigenvalue weighted by Crippen LogP contribution is -2.47. The van der Waals surface area contributed by atoms with E-state index in [0.717, 1.165) is 6.07 Å². The van der Waals surface area contributed by atoms with Crippen molar-refractivity contribution in [3.8, 4) is 0 Å². The molecule has 0 spiro atoms. The average molecular weight is 380 g/mol. The summed E-state index contributed by atoms with van der Waals surface area (Å²) in [7, 11) is 0. The minimum absolute atomic E-state index is 0.0121. The number of nitrogens with zero attached hydrogens (tertiary/aromatic N) is 1. The number of benzene rings is 1. The number of carbonyl (C=O) groups is 1. The summed E-state index contributed by atoms with van der Waals surface area (Å²) in [6, 6.07) is 7.41. The number of amides is 1. The van der Waals surface area contributed by atoms with Crippen LogP contribution < -0.4 is 22.1 Å².